The molecular formula is C13H21NOS. The summed E-state index contributed by atoms with van der Waals surface area (Å²) >= 11 is 1.74. The quantitative estimate of drug-likeness (QED) is 0.447. The normalized spacial score (nSPS) is 12.7. The van der Waals surface area contributed by atoms with Gasteiger partial charge >= 0.3 is 0 Å². The molecule has 90 valence electrons. The second kappa shape index (κ2) is 7.71. The minimum atomic E-state index is 0.427. The van der Waals surface area contributed by atoms with Gasteiger partial charge in [0.25, 0.3) is 0 Å². The molecule has 0 spiro atoms. The number of hydrogen-bond acceptors (Lipinski definition) is 3. The van der Waals surface area contributed by atoms with E-state index in [0.717, 1.165) is 19.1 Å². The van der Waals surface area contributed by atoms with E-state index < -0.39 is 0 Å². The number of hydrogen-bond donors (Lipinski definition) is 1. The summed E-state index contributed by atoms with van der Waals surface area (Å²) in [7, 11) is 0. The van der Waals surface area contributed by atoms with Crippen molar-refractivity contribution in [1.82, 2.24) is 5.32 Å². The van der Waals surface area contributed by atoms with Gasteiger partial charge in [0.1, 0.15) is 0 Å². The first-order chi connectivity index (χ1) is 7.77. The predicted molar refractivity (Wildman–Crippen MR) is 70.9 cm³/mol. The zero-order valence-corrected chi connectivity index (χ0v) is 11.1. The molecule has 0 radical (unpaired) electrons. The third-order valence-corrected chi connectivity index (χ3v) is 3.29. The lowest BCUT2D eigenvalue weighted by Crippen LogP contribution is -2.17. The number of benzene rings is 1. The predicted octanol–water partition coefficient (Wildman–Crippen LogP) is 3.44. The Morgan fingerprint density at radius 2 is 1.94 bits per heavy atom. The summed E-state index contributed by atoms with van der Waals surface area (Å²) in [6.45, 7) is 8.11. The Hall–Kier alpha value is -0.510. The Balaban J connectivity index is 2.47. The lowest BCUT2D eigenvalue weighted by molar-refractivity contribution is 0.199. The fraction of sp³-hybridized carbons (Fsp3) is 0.538. The van der Waals surface area contributed by atoms with Crippen molar-refractivity contribution in [1.29, 1.82) is 0 Å². The van der Waals surface area contributed by atoms with Gasteiger partial charge in [-0.25, -0.2) is 0 Å². The average Bonchev–Trinajstić information content (AvgIpc) is 2.30. The van der Waals surface area contributed by atoms with Gasteiger partial charge in [0.2, 0.25) is 0 Å². The molecule has 2 nitrogen and oxygen atoms in total. The van der Waals surface area contributed by atoms with E-state index in [1.54, 1.807) is 11.8 Å². The minimum absolute atomic E-state index is 0.427. The van der Waals surface area contributed by atoms with Gasteiger partial charge in [-0.15, -0.1) is 0 Å². The summed E-state index contributed by atoms with van der Waals surface area (Å²) in [5.41, 5.74) is 1.34. The molecule has 0 bridgehead atoms. The van der Waals surface area contributed by atoms with Crippen molar-refractivity contribution in [2.75, 3.05) is 19.1 Å². The van der Waals surface area contributed by atoms with Crippen LogP contribution in [0.1, 0.15) is 32.4 Å². The van der Waals surface area contributed by atoms with E-state index in [4.69, 9.17) is 4.74 Å². The fourth-order valence-corrected chi connectivity index (χ4v) is 2.18. The summed E-state index contributed by atoms with van der Waals surface area (Å²) in [4.78, 5) is 1.26. The van der Waals surface area contributed by atoms with E-state index in [9.17, 15) is 0 Å². The highest BCUT2D eigenvalue weighted by Crippen LogP contribution is 2.20. The second-order valence-corrected chi connectivity index (χ2v) is 4.60. The third kappa shape index (κ3) is 4.56. The van der Waals surface area contributed by atoms with E-state index >= 15 is 0 Å². The molecule has 1 atom stereocenters. The first kappa shape index (κ1) is 13.6. The highest BCUT2D eigenvalue weighted by Gasteiger charge is 2.02. The number of nitrogens with one attached hydrogen (secondary N) is 1. The molecule has 3 heteroatoms. The van der Waals surface area contributed by atoms with Crippen LogP contribution >= 0.6 is 11.8 Å². The van der Waals surface area contributed by atoms with Crippen molar-refractivity contribution in [3.63, 3.8) is 0 Å². The molecule has 0 saturated heterocycles. The Labute approximate surface area is 103 Å². The van der Waals surface area contributed by atoms with Crippen molar-refractivity contribution in [3.05, 3.63) is 29.8 Å². The molecule has 0 saturated carbocycles. The Morgan fingerprint density at radius 3 is 2.50 bits per heavy atom. The maximum atomic E-state index is 5.30. The van der Waals surface area contributed by atoms with Gasteiger partial charge in [0.05, 0.1) is 5.94 Å². The van der Waals surface area contributed by atoms with Crippen LogP contribution in [-0.2, 0) is 4.74 Å². The third-order valence-electron chi connectivity index (χ3n) is 2.40. The molecule has 1 unspecified atom stereocenters. The molecule has 0 heterocycles. The van der Waals surface area contributed by atoms with Crippen LogP contribution in [0.4, 0.5) is 0 Å². The van der Waals surface area contributed by atoms with Crippen molar-refractivity contribution in [3.8, 4) is 0 Å². The molecule has 0 amide bonds. The van der Waals surface area contributed by atoms with Crippen molar-refractivity contribution >= 4 is 11.8 Å². The first-order valence-electron chi connectivity index (χ1n) is 5.81. The Bertz CT molecular complexity index is 286. The van der Waals surface area contributed by atoms with Crippen LogP contribution in [0.2, 0.25) is 0 Å². The summed E-state index contributed by atoms with van der Waals surface area (Å²) in [5, 5.41) is 3.40. The van der Waals surface area contributed by atoms with Gasteiger partial charge in [-0.05, 0) is 38.1 Å². The highest BCUT2D eigenvalue weighted by molar-refractivity contribution is 7.99. The van der Waals surface area contributed by atoms with Crippen LogP contribution in [0.15, 0.2) is 29.2 Å². The summed E-state index contributed by atoms with van der Waals surface area (Å²) in [6.07, 6.45) is 0. The van der Waals surface area contributed by atoms with Crippen LogP contribution < -0.4 is 5.32 Å². The molecule has 0 aromatic heterocycles. The SMILES string of the molecule is CCNC(C)c1ccc(SCOCC)cc1. The topological polar surface area (TPSA) is 21.3 Å². The van der Waals surface area contributed by atoms with E-state index in [1.807, 2.05) is 6.92 Å². The Morgan fingerprint density at radius 1 is 1.25 bits per heavy atom. The summed E-state index contributed by atoms with van der Waals surface area (Å²) < 4.78 is 5.30. The molecule has 16 heavy (non-hydrogen) atoms. The van der Waals surface area contributed by atoms with Crippen molar-refractivity contribution in [2.45, 2.75) is 31.7 Å². The molecule has 1 aromatic rings. The summed E-state index contributed by atoms with van der Waals surface area (Å²) in [5.74, 6) is 0.735. The number of rotatable bonds is 7. The van der Waals surface area contributed by atoms with Crippen LogP contribution in [-0.4, -0.2) is 19.1 Å². The van der Waals surface area contributed by atoms with Crippen molar-refractivity contribution in [2.24, 2.45) is 0 Å². The lowest BCUT2D eigenvalue weighted by atomic mass is 10.1. The standard InChI is InChI=1S/C13H21NOS/c1-4-14-11(3)12-6-8-13(9-7-12)16-10-15-5-2/h6-9,11,14H,4-5,10H2,1-3H3. The second-order valence-electron chi connectivity index (χ2n) is 3.60. The molecule has 0 aliphatic rings. The van der Waals surface area contributed by atoms with E-state index in [2.05, 4.69) is 43.4 Å². The number of thioether (sulfide) groups is 1. The van der Waals surface area contributed by atoms with E-state index in [-0.39, 0.29) is 0 Å². The van der Waals surface area contributed by atoms with Gasteiger partial charge in [-0.3, -0.25) is 0 Å². The van der Waals surface area contributed by atoms with Gasteiger partial charge in [-0.1, -0.05) is 30.8 Å². The van der Waals surface area contributed by atoms with Crippen LogP contribution in [0.25, 0.3) is 0 Å². The molecule has 0 fully saturated rings. The first-order valence-corrected chi connectivity index (χ1v) is 6.80. The lowest BCUT2D eigenvalue weighted by Gasteiger charge is -2.12. The highest BCUT2D eigenvalue weighted by atomic mass is 32.2. The largest absolute Gasteiger partial charge is 0.371 e. The van der Waals surface area contributed by atoms with Gasteiger partial charge in [-0.2, -0.15) is 0 Å². The maximum absolute atomic E-state index is 5.30. The van der Waals surface area contributed by atoms with Crippen LogP contribution in [0.3, 0.4) is 0 Å². The molecule has 1 N–H and O–H groups in total. The zero-order valence-electron chi connectivity index (χ0n) is 10.3. The molecule has 0 aliphatic carbocycles. The van der Waals surface area contributed by atoms with E-state index in [0.29, 0.717) is 6.04 Å². The molecule has 0 aliphatic heterocycles. The summed E-state index contributed by atoms with van der Waals surface area (Å²) in [6, 6.07) is 9.11. The molecular weight excluding hydrogens is 218 g/mol. The fourth-order valence-electron chi connectivity index (χ4n) is 1.47. The maximum Gasteiger partial charge on any atom is 0.0966 e. The smallest absolute Gasteiger partial charge is 0.0966 e. The van der Waals surface area contributed by atoms with E-state index in [1.165, 1.54) is 10.5 Å². The number of ether oxygens (including phenoxy) is 1. The van der Waals surface area contributed by atoms with Gasteiger partial charge in [0.15, 0.2) is 0 Å². The van der Waals surface area contributed by atoms with Crippen molar-refractivity contribution < 1.29 is 4.74 Å². The van der Waals surface area contributed by atoms with Gasteiger partial charge < -0.3 is 10.1 Å². The Kier molecular flexibility index (Phi) is 6.53. The molecule has 1 aromatic carbocycles. The van der Waals surface area contributed by atoms with Gasteiger partial charge in [0, 0.05) is 17.5 Å². The monoisotopic (exact) mass is 239 g/mol. The average molecular weight is 239 g/mol. The zero-order chi connectivity index (χ0) is 11.8. The molecule has 1 rings (SSSR count). The minimum Gasteiger partial charge on any atom is -0.371 e. The van der Waals surface area contributed by atoms with Crippen LogP contribution in [0, 0.1) is 0 Å². The van der Waals surface area contributed by atoms with Crippen LogP contribution in [0.5, 0.6) is 0 Å².